The topological polar surface area (TPSA) is 58.2 Å². The summed E-state index contributed by atoms with van der Waals surface area (Å²) < 4.78 is 0. The molecule has 0 aliphatic heterocycles. The van der Waals surface area contributed by atoms with E-state index in [1.165, 1.54) is 30.0 Å². The molecule has 4 nitrogen and oxygen atoms in total. The summed E-state index contributed by atoms with van der Waals surface area (Å²) >= 11 is 0. The van der Waals surface area contributed by atoms with Crippen LogP contribution in [0.15, 0.2) is 30.9 Å². The van der Waals surface area contributed by atoms with E-state index in [2.05, 4.69) is 29.3 Å². The molecule has 0 aromatic heterocycles. The lowest BCUT2D eigenvalue weighted by Crippen LogP contribution is -2.40. The van der Waals surface area contributed by atoms with E-state index < -0.39 is 11.8 Å². The number of hydrogen-bond acceptors (Lipinski definition) is 2. The smallest absolute Gasteiger partial charge is 0.309 e. The van der Waals surface area contributed by atoms with Crippen molar-refractivity contribution in [2.45, 2.75) is 38.6 Å². The van der Waals surface area contributed by atoms with Gasteiger partial charge in [0.2, 0.25) is 0 Å². The average molecular weight is 286 g/mol. The van der Waals surface area contributed by atoms with Gasteiger partial charge in [0.15, 0.2) is 0 Å². The molecular weight excluding hydrogens is 264 g/mol. The normalized spacial score (nSPS) is 14.7. The van der Waals surface area contributed by atoms with Crippen molar-refractivity contribution in [2.75, 3.05) is 6.54 Å². The third-order valence-electron chi connectivity index (χ3n) is 3.83. The van der Waals surface area contributed by atoms with Gasteiger partial charge in [-0.25, -0.2) is 0 Å². The van der Waals surface area contributed by atoms with Crippen LogP contribution in [-0.2, 0) is 22.4 Å². The van der Waals surface area contributed by atoms with E-state index >= 15 is 0 Å². The van der Waals surface area contributed by atoms with Gasteiger partial charge in [-0.2, -0.15) is 0 Å². The lowest BCUT2D eigenvalue weighted by Gasteiger charge is -2.19. The third-order valence-corrected chi connectivity index (χ3v) is 3.83. The van der Waals surface area contributed by atoms with Gasteiger partial charge in [0.1, 0.15) is 0 Å². The predicted octanol–water partition coefficient (Wildman–Crippen LogP) is 2.04. The molecule has 1 aliphatic carbocycles. The molecule has 1 aromatic carbocycles. The highest BCUT2D eigenvalue weighted by Crippen LogP contribution is 2.24. The molecule has 2 N–H and O–H groups in total. The van der Waals surface area contributed by atoms with E-state index in [-0.39, 0.29) is 6.04 Å². The highest BCUT2D eigenvalue weighted by atomic mass is 16.2. The molecule has 0 bridgehead atoms. The summed E-state index contributed by atoms with van der Waals surface area (Å²) in [4.78, 5) is 23.3. The number of aryl methyl sites for hydroxylation is 2. The lowest BCUT2D eigenvalue weighted by atomic mass is 9.89. The minimum atomic E-state index is -0.625. The Morgan fingerprint density at radius 2 is 1.95 bits per heavy atom. The van der Waals surface area contributed by atoms with E-state index in [0.717, 1.165) is 18.4 Å². The monoisotopic (exact) mass is 286 g/mol. The molecule has 1 atom stereocenters. The summed E-state index contributed by atoms with van der Waals surface area (Å²) in [6.07, 6.45) is 6.26. The third kappa shape index (κ3) is 3.94. The van der Waals surface area contributed by atoms with Crippen LogP contribution in [0.5, 0.6) is 0 Å². The highest BCUT2D eigenvalue weighted by Gasteiger charge is 2.17. The lowest BCUT2D eigenvalue weighted by molar-refractivity contribution is -0.139. The number of amides is 2. The van der Waals surface area contributed by atoms with Crippen LogP contribution in [0.25, 0.3) is 0 Å². The van der Waals surface area contributed by atoms with E-state index in [4.69, 9.17) is 0 Å². The molecule has 1 unspecified atom stereocenters. The van der Waals surface area contributed by atoms with Crippen LogP contribution in [-0.4, -0.2) is 18.4 Å². The number of carbonyl (C=O) groups is 2. The second-order valence-electron chi connectivity index (χ2n) is 5.43. The Bertz CT molecular complexity index is 552. The van der Waals surface area contributed by atoms with Crippen molar-refractivity contribution in [3.05, 3.63) is 47.5 Å². The van der Waals surface area contributed by atoms with E-state index in [1.807, 2.05) is 13.0 Å². The van der Waals surface area contributed by atoms with Crippen molar-refractivity contribution in [2.24, 2.45) is 0 Å². The number of rotatable bonds is 4. The fourth-order valence-corrected chi connectivity index (χ4v) is 2.61. The van der Waals surface area contributed by atoms with Crippen LogP contribution in [0.1, 0.15) is 42.5 Å². The van der Waals surface area contributed by atoms with Gasteiger partial charge in [0.05, 0.1) is 6.04 Å². The molecule has 0 saturated heterocycles. The molecule has 1 aromatic rings. The van der Waals surface area contributed by atoms with Crippen molar-refractivity contribution in [3.8, 4) is 0 Å². The molecule has 2 rings (SSSR count). The maximum Gasteiger partial charge on any atom is 0.309 e. The molecule has 0 radical (unpaired) electrons. The summed E-state index contributed by atoms with van der Waals surface area (Å²) in [7, 11) is 0. The quantitative estimate of drug-likeness (QED) is 0.657. The molecule has 0 saturated carbocycles. The van der Waals surface area contributed by atoms with Crippen molar-refractivity contribution < 1.29 is 9.59 Å². The van der Waals surface area contributed by atoms with Crippen molar-refractivity contribution >= 4 is 11.8 Å². The second kappa shape index (κ2) is 7.07. The van der Waals surface area contributed by atoms with E-state index in [9.17, 15) is 9.59 Å². The number of carbonyl (C=O) groups excluding carboxylic acids is 2. The van der Waals surface area contributed by atoms with E-state index in [1.54, 1.807) is 0 Å². The second-order valence-corrected chi connectivity index (χ2v) is 5.43. The maximum absolute atomic E-state index is 11.8. The Labute approximate surface area is 125 Å². The summed E-state index contributed by atoms with van der Waals surface area (Å²) in [6, 6.07) is 6.15. The Balaban J connectivity index is 1.99. The van der Waals surface area contributed by atoms with Gasteiger partial charge in [0, 0.05) is 6.54 Å². The van der Waals surface area contributed by atoms with Crippen LogP contribution in [0.4, 0.5) is 0 Å². The zero-order chi connectivity index (χ0) is 15.2. The Morgan fingerprint density at radius 3 is 2.67 bits per heavy atom. The molecule has 0 fully saturated rings. The number of hydrogen-bond donors (Lipinski definition) is 2. The molecule has 1 aliphatic rings. The van der Waals surface area contributed by atoms with Crippen molar-refractivity contribution in [1.82, 2.24) is 10.6 Å². The fraction of sp³-hybridized carbons (Fsp3) is 0.412. The minimum absolute atomic E-state index is 0.181. The zero-order valence-corrected chi connectivity index (χ0v) is 12.4. The maximum atomic E-state index is 11.8. The SMILES string of the molecule is C=CCNC(=O)C(=O)NC(C)c1ccc2c(c1)CCCC2. The summed E-state index contributed by atoms with van der Waals surface area (Å²) in [5, 5.41) is 5.20. The predicted molar refractivity (Wildman–Crippen MR) is 82.8 cm³/mol. The highest BCUT2D eigenvalue weighted by molar-refractivity contribution is 6.35. The van der Waals surface area contributed by atoms with Crippen LogP contribution >= 0.6 is 0 Å². The Hall–Kier alpha value is -2.10. The molecular formula is C17H22N2O2. The fourth-order valence-electron chi connectivity index (χ4n) is 2.61. The Morgan fingerprint density at radius 1 is 1.24 bits per heavy atom. The molecule has 2 amide bonds. The first-order valence-corrected chi connectivity index (χ1v) is 7.43. The molecule has 112 valence electrons. The minimum Gasteiger partial charge on any atom is -0.344 e. The van der Waals surface area contributed by atoms with Crippen molar-refractivity contribution in [1.29, 1.82) is 0 Å². The molecule has 0 spiro atoms. The van der Waals surface area contributed by atoms with Crippen molar-refractivity contribution in [3.63, 3.8) is 0 Å². The standard InChI is InChI=1S/C17H22N2O2/c1-3-10-18-16(20)17(21)19-12(2)14-9-8-13-6-4-5-7-15(13)11-14/h3,8-9,11-12H,1,4-7,10H2,2H3,(H,18,20)(H,19,21). The van der Waals surface area contributed by atoms with Gasteiger partial charge < -0.3 is 10.6 Å². The van der Waals surface area contributed by atoms with Gasteiger partial charge in [-0.3, -0.25) is 9.59 Å². The van der Waals surface area contributed by atoms with Gasteiger partial charge in [0.25, 0.3) is 0 Å². The molecule has 21 heavy (non-hydrogen) atoms. The van der Waals surface area contributed by atoms with Crippen LogP contribution in [0, 0.1) is 0 Å². The summed E-state index contributed by atoms with van der Waals surface area (Å²) in [5.74, 6) is -1.23. The number of fused-ring (bicyclic) bond motifs is 1. The van der Waals surface area contributed by atoms with Gasteiger partial charge >= 0.3 is 11.8 Å². The molecule has 0 heterocycles. The number of nitrogens with one attached hydrogen (secondary N) is 2. The zero-order valence-electron chi connectivity index (χ0n) is 12.4. The first-order chi connectivity index (χ1) is 10.1. The number of benzene rings is 1. The largest absolute Gasteiger partial charge is 0.344 e. The summed E-state index contributed by atoms with van der Waals surface area (Å²) in [5.41, 5.74) is 3.82. The molecule has 4 heteroatoms. The first-order valence-electron chi connectivity index (χ1n) is 7.43. The van der Waals surface area contributed by atoms with Crippen LogP contribution < -0.4 is 10.6 Å². The van der Waals surface area contributed by atoms with Gasteiger partial charge in [-0.1, -0.05) is 24.3 Å². The van der Waals surface area contributed by atoms with Gasteiger partial charge in [-0.05, 0) is 49.3 Å². The van der Waals surface area contributed by atoms with Gasteiger partial charge in [-0.15, -0.1) is 6.58 Å². The van der Waals surface area contributed by atoms with Crippen LogP contribution in [0.3, 0.4) is 0 Å². The first kappa shape index (κ1) is 15.3. The van der Waals surface area contributed by atoms with E-state index in [0.29, 0.717) is 6.54 Å². The Kier molecular flexibility index (Phi) is 5.14. The average Bonchev–Trinajstić information content (AvgIpc) is 2.51. The van der Waals surface area contributed by atoms with Crippen LogP contribution in [0.2, 0.25) is 0 Å². The summed E-state index contributed by atoms with van der Waals surface area (Å²) in [6.45, 7) is 5.68.